The highest BCUT2D eigenvalue weighted by Crippen LogP contribution is 2.61. The molecule has 176 valence electrons. The number of nitrogens with one attached hydrogen (secondary N) is 1. The molecule has 0 unspecified atom stereocenters. The van der Waals surface area contributed by atoms with Crippen LogP contribution in [0.2, 0.25) is 5.28 Å². The van der Waals surface area contributed by atoms with Gasteiger partial charge in [0.15, 0.2) is 0 Å². The largest absolute Gasteiger partial charge is 0.495 e. The van der Waals surface area contributed by atoms with Gasteiger partial charge in [-0.15, -0.1) is 0 Å². The number of halogens is 6. The fraction of sp³-hybridized carbons (Fsp3) is 0.111. The highest BCUT2D eigenvalue weighted by Gasteiger charge is 2.05. The average Bonchev–Trinajstić information content (AvgIpc) is 2.72. The van der Waals surface area contributed by atoms with Crippen molar-refractivity contribution in [1.82, 2.24) is 19.9 Å². The van der Waals surface area contributed by atoms with E-state index in [0.717, 1.165) is 31.0 Å². The Labute approximate surface area is 223 Å². The molecular weight excluding hydrogens is 669 g/mol. The number of aromatic amines is 1. The van der Waals surface area contributed by atoms with E-state index in [9.17, 15) is 9.36 Å². The minimum Gasteiger partial charge on any atom is -0.495 e. The monoisotopic (exact) mass is 678 g/mol. The fourth-order valence-corrected chi connectivity index (χ4v) is 3.57. The number of ether oxygens (including phenoxy) is 2. The Bertz CT molecular complexity index is 1380. The molecule has 0 aliphatic heterocycles. The number of H-pyrrole nitrogens is 1. The van der Waals surface area contributed by atoms with Gasteiger partial charge in [0, 0.05) is 35.3 Å². The third kappa shape index (κ3) is 9.20. The number of nitrogens with zero attached hydrogens (tertiary/aromatic N) is 3. The van der Waals surface area contributed by atoms with Crippen molar-refractivity contribution in [3.63, 3.8) is 0 Å². The van der Waals surface area contributed by atoms with Crippen LogP contribution in [-0.2, 0) is 4.57 Å². The summed E-state index contributed by atoms with van der Waals surface area (Å²) >= 11 is 26.3. The summed E-state index contributed by atoms with van der Waals surface area (Å²) in [4.78, 5) is 25.2. The minimum atomic E-state index is -3.22. The Balaban J connectivity index is 0.000000195. The van der Waals surface area contributed by atoms with Crippen LogP contribution < -0.4 is 15.2 Å². The zero-order valence-electron chi connectivity index (χ0n) is 16.7. The van der Waals surface area contributed by atoms with E-state index in [1.165, 1.54) is 6.20 Å². The number of rotatable bonds is 2. The highest BCUT2D eigenvalue weighted by atomic mass is 79.9. The molecule has 15 heteroatoms. The van der Waals surface area contributed by atoms with Gasteiger partial charge in [-0.1, -0.05) is 0 Å². The summed E-state index contributed by atoms with van der Waals surface area (Å²) in [5.74, 6) is 1.41. The van der Waals surface area contributed by atoms with Crippen LogP contribution in [0.15, 0.2) is 50.4 Å². The molecule has 0 saturated carbocycles. The summed E-state index contributed by atoms with van der Waals surface area (Å²) < 4.78 is 21.5. The highest BCUT2D eigenvalue weighted by molar-refractivity contribution is 9.11. The number of benzene rings is 2. The van der Waals surface area contributed by atoms with Crippen LogP contribution in [0.4, 0.5) is 0 Å². The lowest BCUT2D eigenvalue weighted by Crippen LogP contribution is -2.08. The maximum absolute atomic E-state index is 10.9. The van der Waals surface area contributed by atoms with Gasteiger partial charge >= 0.3 is 10.9 Å². The van der Waals surface area contributed by atoms with Crippen molar-refractivity contribution in [3.05, 3.63) is 61.4 Å². The zero-order chi connectivity index (χ0) is 24.8. The maximum Gasteiger partial charge on any atom is 0.345 e. The molecule has 0 bridgehead atoms. The van der Waals surface area contributed by atoms with Gasteiger partial charge in [-0.25, -0.2) is 19.7 Å². The van der Waals surface area contributed by atoms with E-state index in [4.69, 9.17) is 21.1 Å². The van der Waals surface area contributed by atoms with Gasteiger partial charge in [0.2, 0.25) is 5.28 Å². The van der Waals surface area contributed by atoms with Crippen LogP contribution in [0.25, 0.3) is 21.8 Å². The first kappa shape index (κ1) is 28.1. The topological polar surface area (TPSA) is 107 Å². The Morgan fingerprint density at radius 1 is 0.909 bits per heavy atom. The quantitative estimate of drug-likeness (QED) is 0.172. The van der Waals surface area contributed by atoms with Gasteiger partial charge in [-0.3, -0.25) is 4.57 Å². The molecule has 2 heterocycles. The Hall–Kier alpha value is -1.13. The molecular formula is C18H13Br2Cl4N4O4P. The molecule has 0 radical (unpaired) electrons. The van der Waals surface area contributed by atoms with Crippen molar-refractivity contribution in [3.8, 4) is 11.5 Å². The van der Waals surface area contributed by atoms with Crippen LogP contribution in [0.5, 0.6) is 11.5 Å². The van der Waals surface area contributed by atoms with E-state index in [-0.39, 0.29) is 11.0 Å². The average molecular weight is 682 g/mol. The van der Waals surface area contributed by atoms with Gasteiger partial charge in [-0.05, 0) is 89.3 Å². The van der Waals surface area contributed by atoms with E-state index in [1.54, 1.807) is 26.5 Å². The first-order valence-corrected chi connectivity index (χ1v) is 14.9. The van der Waals surface area contributed by atoms with Crippen molar-refractivity contribution >= 4 is 104 Å². The second-order valence-electron chi connectivity index (χ2n) is 5.85. The first-order valence-electron chi connectivity index (χ1n) is 8.48. The number of fused-ring (bicyclic) bond motifs is 2. The summed E-state index contributed by atoms with van der Waals surface area (Å²) in [6, 6.07) is 7.30. The fourth-order valence-electron chi connectivity index (χ4n) is 2.38. The third-order valence-electron chi connectivity index (χ3n) is 3.71. The summed E-state index contributed by atoms with van der Waals surface area (Å²) in [6.07, 6.45) is 3.20. The maximum atomic E-state index is 10.9. The summed E-state index contributed by atoms with van der Waals surface area (Å²) in [5.41, 5.74) is 1.12. The molecule has 0 spiro atoms. The minimum absolute atomic E-state index is 0.238. The second kappa shape index (κ2) is 12.5. The lowest BCUT2D eigenvalue weighted by atomic mass is 10.2. The van der Waals surface area contributed by atoms with Crippen LogP contribution in [0.3, 0.4) is 0 Å². The predicted octanol–water partition coefficient (Wildman–Crippen LogP) is 7.56. The van der Waals surface area contributed by atoms with Gasteiger partial charge < -0.3 is 14.5 Å². The van der Waals surface area contributed by atoms with Gasteiger partial charge in [0.25, 0.3) is 0 Å². The molecule has 2 aromatic carbocycles. The SMILES string of the molecule is COc1cc2[nH]c(=O)ncc2cc1Br.COc1cc2nc(Cl)ncc2cc1Br.O=P(Cl)(Cl)Cl. The van der Waals surface area contributed by atoms with E-state index in [0.29, 0.717) is 11.3 Å². The van der Waals surface area contributed by atoms with Crippen LogP contribution >= 0.6 is 82.4 Å². The zero-order valence-corrected chi connectivity index (χ0v) is 23.7. The predicted molar refractivity (Wildman–Crippen MR) is 141 cm³/mol. The molecule has 0 saturated heterocycles. The molecule has 0 aliphatic carbocycles. The molecule has 0 amide bonds. The molecule has 0 fully saturated rings. The first-order chi connectivity index (χ1) is 15.4. The second-order valence-corrected chi connectivity index (χ2v) is 14.5. The third-order valence-corrected chi connectivity index (χ3v) is 5.13. The number of hydrogen-bond acceptors (Lipinski definition) is 7. The molecule has 1 N–H and O–H groups in total. The lowest BCUT2D eigenvalue weighted by Gasteiger charge is -2.04. The standard InChI is InChI=1S/C9H6BrClN2O.C9H7BrN2O2.Cl3OP/c1-14-8-3-7-5(2-6(8)10)4-12-9(11)13-7;1-14-8-3-7-5(2-6(8)10)4-11-9(13)12-7;1-5(2,3)4/h2-4H,1H3;2-4H,1H3,(H,11,12,13);. The van der Waals surface area contributed by atoms with Crippen molar-refractivity contribution in [2.24, 2.45) is 0 Å². The molecule has 33 heavy (non-hydrogen) atoms. The van der Waals surface area contributed by atoms with E-state index >= 15 is 0 Å². The summed E-state index contributed by atoms with van der Waals surface area (Å²) in [6.45, 7) is 0. The number of methoxy groups -OCH3 is 2. The molecule has 4 aromatic rings. The molecule has 2 aromatic heterocycles. The normalized spacial score (nSPS) is 10.7. The summed E-state index contributed by atoms with van der Waals surface area (Å²) in [5, 5.41) is -1.21. The molecule has 0 atom stereocenters. The van der Waals surface area contributed by atoms with Gasteiger partial charge in [0.1, 0.15) is 11.5 Å². The number of hydrogen-bond donors (Lipinski definition) is 1. The molecule has 8 nitrogen and oxygen atoms in total. The van der Waals surface area contributed by atoms with Crippen molar-refractivity contribution in [2.75, 3.05) is 14.2 Å². The lowest BCUT2D eigenvalue weighted by molar-refractivity contribution is 0.412. The van der Waals surface area contributed by atoms with E-state index < -0.39 is 5.20 Å². The van der Waals surface area contributed by atoms with Crippen molar-refractivity contribution < 1.29 is 14.0 Å². The molecule has 4 rings (SSSR count). The smallest absolute Gasteiger partial charge is 0.345 e. The van der Waals surface area contributed by atoms with Crippen molar-refractivity contribution in [2.45, 2.75) is 0 Å². The van der Waals surface area contributed by atoms with E-state index in [2.05, 4.69) is 85.5 Å². The van der Waals surface area contributed by atoms with Gasteiger partial charge in [-0.2, -0.15) is 0 Å². The Morgan fingerprint density at radius 2 is 1.42 bits per heavy atom. The Kier molecular flexibility index (Phi) is 10.7. The van der Waals surface area contributed by atoms with Gasteiger partial charge in [0.05, 0.1) is 34.2 Å². The Morgan fingerprint density at radius 3 is 2.00 bits per heavy atom. The van der Waals surface area contributed by atoms with Crippen LogP contribution in [0.1, 0.15) is 0 Å². The number of aromatic nitrogens is 4. The van der Waals surface area contributed by atoms with Crippen molar-refractivity contribution in [1.29, 1.82) is 0 Å². The molecule has 0 aliphatic rings. The summed E-state index contributed by atoms with van der Waals surface area (Å²) in [7, 11) is 3.18. The van der Waals surface area contributed by atoms with E-state index in [1.807, 2.05) is 18.2 Å². The van der Waals surface area contributed by atoms with Crippen LogP contribution in [0, 0.1) is 0 Å². The van der Waals surface area contributed by atoms with Crippen LogP contribution in [-0.4, -0.2) is 34.2 Å².